The number of hydrogen-bond acceptors (Lipinski definition) is 3. The molecule has 0 aromatic heterocycles. The lowest BCUT2D eigenvalue weighted by Gasteiger charge is -2.12. The van der Waals surface area contributed by atoms with E-state index in [9.17, 15) is 9.59 Å². The van der Waals surface area contributed by atoms with E-state index in [-0.39, 0.29) is 5.91 Å². The number of thioether (sulfide) groups is 1. The first-order valence-corrected chi connectivity index (χ1v) is 6.17. The molecule has 0 radical (unpaired) electrons. The molecule has 0 saturated carbocycles. The molecule has 1 aromatic carbocycles. The lowest BCUT2D eigenvalue weighted by atomic mass is 10.2. The Morgan fingerprint density at radius 3 is 2.41 bits per heavy atom. The zero-order valence-electron chi connectivity index (χ0n) is 9.77. The van der Waals surface area contributed by atoms with Crippen LogP contribution in [0, 0.1) is 6.92 Å². The van der Waals surface area contributed by atoms with Crippen LogP contribution in [0.2, 0.25) is 0 Å². The standard InChI is InChI=1S/C12H15NO3S/c1-8-3-5-10(6-4-8)17-7-11(12(15)16)13-9(2)14/h3-6,11H,7H2,1-2H3,(H,13,14)(H,15,16). The Labute approximate surface area is 104 Å². The minimum absolute atomic E-state index is 0.317. The van der Waals surface area contributed by atoms with Gasteiger partial charge in [-0.15, -0.1) is 11.8 Å². The minimum Gasteiger partial charge on any atom is -0.480 e. The summed E-state index contributed by atoms with van der Waals surface area (Å²) in [6.07, 6.45) is 0. The van der Waals surface area contributed by atoms with E-state index in [4.69, 9.17) is 5.11 Å². The number of aliphatic carboxylic acids is 1. The number of hydrogen-bond donors (Lipinski definition) is 2. The van der Waals surface area contributed by atoms with Crippen molar-refractivity contribution in [1.29, 1.82) is 0 Å². The highest BCUT2D eigenvalue weighted by Crippen LogP contribution is 2.19. The van der Waals surface area contributed by atoms with Crippen molar-refractivity contribution >= 4 is 23.6 Å². The van der Waals surface area contributed by atoms with Gasteiger partial charge in [0.1, 0.15) is 6.04 Å². The van der Waals surface area contributed by atoms with Crippen molar-refractivity contribution in [2.75, 3.05) is 5.75 Å². The van der Waals surface area contributed by atoms with Crippen LogP contribution in [0.4, 0.5) is 0 Å². The number of carbonyl (C=O) groups is 2. The molecule has 92 valence electrons. The summed E-state index contributed by atoms with van der Waals surface area (Å²) in [4.78, 5) is 22.7. The summed E-state index contributed by atoms with van der Waals surface area (Å²) in [5.74, 6) is -1.03. The molecule has 1 aromatic rings. The molecule has 2 N–H and O–H groups in total. The number of aryl methyl sites for hydroxylation is 1. The lowest BCUT2D eigenvalue weighted by molar-refractivity contribution is -0.140. The lowest BCUT2D eigenvalue weighted by Crippen LogP contribution is -2.41. The molecule has 0 fully saturated rings. The highest BCUT2D eigenvalue weighted by molar-refractivity contribution is 7.99. The maximum absolute atomic E-state index is 10.9. The van der Waals surface area contributed by atoms with E-state index in [1.807, 2.05) is 31.2 Å². The summed E-state index contributed by atoms with van der Waals surface area (Å²) in [7, 11) is 0. The Hall–Kier alpha value is -1.49. The molecule has 1 rings (SSSR count). The Morgan fingerprint density at radius 2 is 1.94 bits per heavy atom. The van der Waals surface area contributed by atoms with E-state index in [1.165, 1.54) is 18.7 Å². The third-order valence-electron chi connectivity index (χ3n) is 2.11. The van der Waals surface area contributed by atoms with Crippen molar-refractivity contribution in [1.82, 2.24) is 5.32 Å². The predicted molar refractivity (Wildman–Crippen MR) is 67.1 cm³/mol. The van der Waals surface area contributed by atoms with Crippen molar-refractivity contribution in [3.63, 3.8) is 0 Å². The van der Waals surface area contributed by atoms with Crippen LogP contribution in [-0.4, -0.2) is 28.8 Å². The van der Waals surface area contributed by atoms with E-state index >= 15 is 0 Å². The molecule has 0 aliphatic carbocycles. The van der Waals surface area contributed by atoms with Crippen LogP contribution >= 0.6 is 11.8 Å². The van der Waals surface area contributed by atoms with Crippen molar-refractivity contribution in [3.05, 3.63) is 29.8 Å². The van der Waals surface area contributed by atoms with Gasteiger partial charge in [0.2, 0.25) is 5.91 Å². The average molecular weight is 253 g/mol. The number of carboxylic acid groups (broad SMARTS) is 1. The van der Waals surface area contributed by atoms with Crippen molar-refractivity contribution in [3.8, 4) is 0 Å². The van der Waals surface area contributed by atoms with Gasteiger partial charge in [-0.2, -0.15) is 0 Å². The number of nitrogens with one attached hydrogen (secondary N) is 1. The van der Waals surface area contributed by atoms with Crippen LogP contribution in [-0.2, 0) is 9.59 Å². The molecule has 0 aliphatic rings. The SMILES string of the molecule is CC(=O)NC(CSc1ccc(C)cc1)C(=O)O. The van der Waals surface area contributed by atoms with Crippen LogP contribution in [0.1, 0.15) is 12.5 Å². The molecular weight excluding hydrogens is 238 g/mol. The Kier molecular flexibility index (Phi) is 5.03. The molecule has 0 aliphatic heterocycles. The fourth-order valence-electron chi connectivity index (χ4n) is 1.23. The maximum Gasteiger partial charge on any atom is 0.327 e. The fraction of sp³-hybridized carbons (Fsp3) is 0.333. The fourth-order valence-corrected chi connectivity index (χ4v) is 2.15. The number of benzene rings is 1. The van der Waals surface area contributed by atoms with Crippen LogP contribution < -0.4 is 5.32 Å². The molecule has 5 heteroatoms. The summed E-state index contributed by atoms with van der Waals surface area (Å²) >= 11 is 1.41. The molecule has 0 saturated heterocycles. The van der Waals surface area contributed by atoms with Gasteiger partial charge in [-0.25, -0.2) is 4.79 Å². The molecule has 1 atom stereocenters. The second-order valence-electron chi connectivity index (χ2n) is 3.72. The van der Waals surface area contributed by atoms with Gasteiger partial charge in [-0.05, 0) is 19.1 Å². The van der Waals surface area contributed by atoms with Crippen molar-refractivity contribution in [2.24, 2.45) is 0 Å². The third kappa shape index (κ3) is 4.91. The number of carbonyl (C=O) groups excluding carboxylic acids is 1. The topological polar surface area (TPSA) is 66.4 Å². The summed E-state index contributed by atoms with van der Waals surface area (Å²) < 4.78 is 0. The zero-order valence-corrected chi connectivity index (χ0v) is 10.6. The third-order valence-corrected chi connectivity index (χ3v) is 3.22. The first kappa shape index (κ1) is 13.6. The van der Waals surface area contributed by atoms with Gasteiger partial charge in [-0.3, -0.25) is 4.79 Å². The van der Waals surface area contributed by atoms with E-state index in [0.29, 0.717) is 5.75 Å². The van der Waals surface area contributed by atoms with Crippen LogP contribution in [0.15, 0.2) is 29.2 Å². The maximum atomic E-state index is 10.9. The highest BCUT2D eigenvalue weighted by atomic mass is 32.2. The average Bonchev–Trinajstić information content (AvgIpc) is 2.25. The summed E-state index contributed by atoms with van der Waals surface area (Å²) in [5, 5.41) is 11.3. The highest BCUT2D eigenvalue weighted by Gasteiger charge is 2.18. The number of carboxylic acids is 1. The van der Waals surface area contributed by atoms with Crippen LogP contribution in [0.3, 0.4) is 0 Å². The van der Waals surface area contributed by atoms with E-state index in [2.05, 4.69) is 5.32 Å². The predicted octanol–water partition coefficient (Wildman–Crippen LogP) is 1.68. The Morgan fingerprint density at radius 1 is 1.35 bits per heavy atom. The summed E-state index contributed by atoms with van der Waals surface area (Å²) in [5.41, 5.74) is 1.16. The van der Waals surface area contributed by atoms with Gasteiger partial charge in [0.15, 0.2) is 0 Å². The van der Waals surface area contributed by atoms with Gasteiger partial charge < -0.3 is 10.4 Å². The molecule has 0 heterocycles. The van der Waals surface area contributed by atoms with E-state index < -0.39 is 12.0 Å². The Bertz CT molecular complexity index is 403. The van der Waals surface area contributed by atoms with Gasteiger partial charge >= 0.3 is 5.97 Å². The van der Waals surface area contributed by atoms with E-state index in [0.717, 1.165) is 10.5 Å². The monoisotopic (exact) mass is 253 g/mol. The number of amides is 1. The molecular formula is C12H15NO3S. The van der Waals surface area contributed by atoms with Gasteiger partial charge in [0.25, 0.3) is 0 Å². The normalized spacial score (nSPS) is 11.9. The molecule has 0 spiro atoms. The second-order valence-corrected chi connectivity index (χ2v) is 4.81. The molecule has 1 unspecified atom stereocenters. The molecule has 17 heavy (non-hydrogen) atoms. The largest absolute Gasteiger partial charge is 0.480 e. The van der Waals surface area contributed by atoms with E-state index in [1.54, 1.807) is 0 Å². The number of rotatable bonds is 5. The minimum atomic E-state index is -1.01. The van der Waals surface area contributed by atoms with Crippen LogP contribution in [0.5, 0.6) is 0 Å². The molecule has 1 amide bonds. The van der Waals surface area contributed by atoms with Gasteiger partial charge in [0.05, 0.1) is 0 Å². The summed E-state index contributed by atoms with van der Waals surface area (Å²) in [6.45, 7) is 3.30. The molecule has 0 bridgehead atoms. The smallest absolute Gasteiger partial charge is 0.327 e. The van der Waals surface area contributed by atoms with Gasteiger partial charge in [-0.1, -0.05) is 17.7 Å². The first-order valence-electron chi connectivity index (χ1n) is 5.18. The van der Waals surface area contributed by atoms with Gasteiger partial charge in [0, 0.05) is 17.6 Å². The van der Waals surface area contributed by atoms with Crippen molar-refractivity contribution in [2.45, 2.75) is 24.8 Å². The second kappa shape index (κ2) is 6.30. The van der Waals surface area contributed by atoms with Crippen LogP contribution in [0.25, 0.3) is 0 Å². The zero-order chi connectivity index (χ0) is 12.8. The quantitative estimate of drug-likeness (QED) is 0.783. The van der Waals surface area contributed by atoms with Crippen molar-refractivity contribution < 1.29 is 14.7 Å². The Balaban J connectivity index is 2.54. The molecule has 4 nitrogen and oxygen atoms in total. The summed E-state index contributed by atoms with van der Waals surface area (Å²) in [6, 6.07) is 6.96. The first-order chi connectivity index (χ1) is 7.99.